The fourth-order valence-electron chi connectivity index (χ4n) is 1.91. The van der Waals surface area contributed by atoms with Gasteiger partial charge < -0.3 is 10.5 Å². The van der Waals surface area contributed by atoms with Crippen molar-refractivity contribution in [1.82, 2.24) is 4.98 Å². The van der Waals surface area contributed by atoms with E-state index in [9.17, 15) is 8.78 Å². The fraction of sp³-hybridized carbons (Fsp3) is 0.267. The Bertz CT molecular complexity index is 612. The fourth-order valence-corrected chi connectivity index (χ4v) is 2.08. The second kappa shape index (κ2) is 6.83. The number of nitrogens with two attached hydrogens (primary N) is 1. The average Bonchev–Trinajstić information content (AvgIpc) is 2.39. The van der Waals surface area contributed by atoms with Crippen LogP contribution in [-0.2, 0) is 13.0 Å². The minimum absolute atomic E-state index is 0.0398. The van der Waals surface area contributed by atoms with E-state index in [1.807, 2.05) is 0 Å². The molecule has 0 saturated heterocycles. The lowest BCUT2D eigenvalue weighted by Gasteiger charge is -2.12. The number of pyridine rings is 1. The third-order valence-corrected chi connectivity index (χ3v) is 3.18. The number of hydrogen-bond acceptors (Lipinski definition) is 3. The molecule has 3 nitrogen and oxygen atoms in total. The molecule has 1 heterocycles. The van der Waals surface area contributed by atoms with Gasteiger partial charge in [-0.1, -0.05) is 11.6 Å². The summed E-state index contributed by atoms with van der Waals surface area (Å²) in [5, 5.41) is 0.381. The Morgan fingerprint density at radius 1 is 1.33 bits per heavy atom. The van der Waals surface area contributed by atoms with E-state index in [1.54, 1.807) is 13.0 Å². The number of hydrogen-bond donors (Lipinski definition) is 1. The molecule has 21 heavy (non-hydrogen) atoms. The Morgan fingerprint density at radius 2 is 2.00 bits per heavy atom. The maximum Gasteiger partial charge on any atom is 0.191 e. The predicted molar refractivity (Wildman–Crippen MR) is 77.3 cm³/mol. The molecular formula is C15H15ClF2N2O. The van der Waals surface area contributed by atoms with Crippen LogP contribution in [-0.4, -0.2) is 11.0 Å². The minimum atomic E-state index is -0.754. The Labute approximate surface area is 126 Å². The minimum Gasteiger partial charge on any atom is -0.483 e. The maximum atomic E-state index is 13.9. The molecule has 1 aromatic heterocycles. The zero-order chi connectivity index (χ0) is 15.4. The number of halogens is 3. The van der Waals surface area contributed by atoms with Gasteiger partial charge in [0.25, 0.3) is 0 Å². The van der Waals surface area contributed by atoms with Crippen LogP contribution in [0.5, 0.6) is 5.75 Å². The Balaban J connectivity index is 2.15. The zero-order valence-corrected chi connectivity index (χ0v) is 12.2. The molecular weight excluding hydrogens is 298 g/mol. The van der Waals surface area contributed by atoms with Crippen molar-refractivity contribution in [2.45, 2.75) is 26.0 Å². The van der Waals surface area contributed by atoms with E-state index in [-0.39, 0.29) is 12.6 Å². The number of nitrogens with zero attached hydrogens (tertiary/aromatic N) is 1. The molecule has 0 aliphatic heterocycles. The van der Waals surface area contributed by atoms with Crippen molar-refractivity contribution in [3.05, 3.63) is 58.4 Å². The van der Waals surface area contributed by atoms with Gasteiger partial charge in [-0.3, -0.25) is 4.98 Å². The van der Waals surface area contributed by atoms with Crippen LogP contribution in [0.3, 0.4) is 0 Å². The molecule has 0 bridgehead atoms. The van der Waals surface area contributed by atoms with E-state index < -0.39 is 17.4 Å². The topological polar surface area (TPSA) is 48.1 Å². The van der Waals surface area contributed by atoms with Gasteiger partial charge in [-0.15, -0.1) is 0 Å². The van der Waals surface area contributed by atoms with Gasteiger partial charge in [0.2, 0.25) is 0 Å². The highest BCUT2D eigenvalue weighted by Gasteiger charge is 2.14. The van der Waals surface area contributed by atoms with Gasteiger partial charge in [0, 0.05) is 24.0 Å². The Hall–Kier alpha value is -1.72. The number of benzene rings is 1. The molecule has 1 atom stereocenters. The SMILES string of the molecule is CC(N)Cc1cc(F)c(OCc2ccncc2Cl)c(F)c1. The molecule has 2 aromatic rings. The second-order valence-corrected chi connectivity index (χ2v) is 5.23. The van der Waals surface area contributed by atoms with E-state index in [2.05, 4.69) is 4.98 Å². The zero-order valence-electron chi connectivity index (χ0n) is 11.4. The summed E-state index contributed by atoms with van der Waals surface area (Å²) in [5.41, 5.74) is 6.71. The van der Waals surface area contributed by atoms with Gasteiger partial charge in [0.05, 0.1) is 5.02 Å². The van der Waals surface area contributed by atoms with Crippen LogP contribution in [0.4, 0.5) is 8.78 Å². The van der Waals surface area contributed by atoms with E-state index >= 15 is 0 Å². The van der Waals surface area contributed by atoms with Gasteiger partial charge in [0.15, 0.2) is 17.4 Å². The number of rotatable bonds is 5. The van der Waals surface area contributed by atoms with Crippen LogP contribution in [0.2, 0.25) is 5.02 Å². The lowest BCUT2D eigenvalue weighted by atomic mass is 10.1. The average molecular weight is 313 g/mol. The van der Waals surface area contributed by atoms with Gasteiger partial charge in [-0.05, 0) is 37.1 Å². The van der Waals surface area contributed by atoms with Crippen molar-refractivity contribution in [1.29, 1.82) is 0 Å². The van der Waals surface area contributed by atoms with Crippen molar-refractivity contribution in [3.63, 3.8) is 0 Å². The lowest BCUT2D eigenvalue weighted by molar-refractivity contribution is 0.273. The summed E-state index contributed by atoms with van der Waals surface area (Å²) in [7, 11) is 0. The second-order valence-electron chi connectivity index (χ2n) is 4.83. The van der Waals surface area contributed by atoms with Gasteiger partial charge in [-0.25, -0.2) is 8.78 Å². The highest BCUT2D eigenvalue weighted by atomic mass is 35.5. The van der Waals surface area contributed by atoms with Crippen molar-refractivity contribution >= 4 is 11.6 Å². The van der Waals surface area contributed by atoms with E-state index in [0.29, 0.717) is 22.6 Å². The van der Waals surface area contributed by atoms with E-state index in [0.717, 1.165) is 0 Å². The quantitative estimate of drug-likeness (QED) is 0.919. The molecule has 2 rings (SSSR count). The summed E-state index contributed by atoms with van der Waals surface area (Å²) in [6, 6.07) is 3.92. The highest BCUT2D eigenvalue weighted by Crippen LogP contribution is 2.25. The summed E-state index contributed by atoms with van der Waals surface area (Å²) in [6.45, 7) is 1.73. The Morgan fingerprint density at radius 3 is 2.57 bits per heavy atom. The summed E-state index contributed by atoms with van der Waals surface area (Å²) in [6.07, 6.45) is 3.37. The molecule has 0 amide bonds. The van der Waals surface area contributed by atoms with Gasteiger partial charge in [0.1, 0.15) is 6.61 Å². The molecule has 0 saturated carbocycles. The van der Waals surface area contributed by atoms with Crippen LogP contribution in [0, 0.1) is 11.6 Å². The first kappa shape index (κ1) is 15.7. The lowest BCUT2D eigenvalue weighted by Crippen LogP contribution is -2.18. The smallest absolute Gasteiger partial charge is 0.191 e. The van der Waals surface area contributed by atoms with Crippen LogP contribution in [0.25, 0.3) is 0 Å². The predicted octanol–water partition coefficient (Wildman–Crippen LogP) is 3.48. The van der Waals surface area contributed by atoms with Crippen molar-refractivity contribution in [2.75, 3.05) is 0 Å². The summed E-state index contributed by atoms with van der Waals surface area (Å²) < 4.78 is 33.0. The number of aromatic nitrogens is 1. The molecule has 0 radical (unpaired) electrons. The first-order valence-corrected chi connectivity index (χ1v) is 6.80. The molecule has 0 aliphatic carbocycles. The normalized spacial score (nSPS) is 12.2. The van der Waals surface area contributed by atoms with Crippen molar-refractivity contribution in [3.8, 4) is 5.75 Å². The molecule has 0 fully saturated rings. The monoisotopic (exact) mass is 312 g/mol. The van der Waals surface area contributed by atoms with E-state index in [1.165, 1.54) is 24.5 Å². The molecule has 0 aliphatic rings. The maximum absolute atomic E-state index is 13.9. The summed E-state index contributed by atoms with van der Waals surface area (Å²) in [5.74, 6) is -1.93. The molecule has 1 aromatic carbocycles. The third kappa shape index (κ3) is 4.12. The van der Waals surface area contributed by atoms with Crippen LogP contribution in [0.1, 0.15) is 18.1 Å². The molecule has 0 spiro atoms. The Kier molecular flexibility index (Phi) is 5.09. The van der Waals surface area contributed by atoms with Gasteiger partial charge >= 0.3 is 0 Å². The van der Waals surface area contributed by atoms with Crippen LogP contribution >= 0.6 is 11.6 Å². The number of ether oxygens (including phenoxy) is 1. The third-order valence-electron chi connectivity index (χ3n) is 2.84. The molecule has 112 valence electrons. The molecule has 1 unspecified atom stereocenters. The van der Waals surface area contributed by atoms with Crippen LogP contribution in [0.15, 0.2) is 30.6 Å². The molecule has 6 heteroatoms. The van der Waals surface area contributed by atoms with Crippen molar-refractivity contribution in [2.24, 2.45) is 5.73 Å². The summed E-state index contributed by atoms with van der Waals surface area (Å²) in [4.78, 5) is 3.83. The van der Waals surface area contributed by atoms with Crippen LogP contribution < -0.4 is 10.5 Å². The highest BCUT2D eigenvalue weighted by molar-refractivity contribution is 6.31. The summed E-state index contributed by atoms with van der Waals surface area (Å²) >= 11 is 5.91. The van der Waals surface area contributed by atoms with E-state index in [4.69, 9.17) is 22.1 Å². The first-order chi connectivity index (χ1) is 9.97. The largest absolute Gasteiger partial charge is 0.483 e. The van der Waals surface area contributed by atoms with Gasteiger partial charge in [-0.2, -0.15) is 0 Å². The van der Waals surface area contributed by atoms with Crippen molar-refractivity contribution < 1.29 is 13.5 Å². The standard InChI is InChI=1S/C15H15ClF2N2O/c1-9(19)4-10-5-13(17)15(14(18)6-10)21-8-11-2-3-20-7-12(11)16/h2-3,5-7,9H,4,8,19H2,1H3. The molecule has 2 N–H and O–H groups in total. The first-order valence-electron chi connectivity index (χ1n) is 6.42.